The molecule has 4 nitrogen and oxygen atoms in total. The number of β-amino-alcohol motifs (C(OH)–C–C–N with tert-alkyl or cyclic N) is 1. The molecule has 1 aliphatic rings. The highest BCUT2D eigenvalue weighted by Gasteiger charge is 2.23. The lowest BCUT2D eigenvalue weighted by atomic mass is 10.0. The largest absolute Gasteiger partial charge is 0.387 e. The van der Waals surface area contributed by atoms with E-state index in [1.54, 1.807) is 0 Å². The van der Waals surface area contributed by atoms with Gasteiger partial charge in [-0.25, -0.2) is 0 Å². The van der Waals surface area contributed by atoms with E-state index in [1.165, 1.54) is 22.4 Å². The van der Waals surface area contributed by atoms with E-state index in [0.29, 0.717) is 6.54 Å². The van der Waals surface area contributed by atoms with Gasteiger partial charge in [0.1, 0.15) is 0 Å². The first-order valence-corrected chi connectivity index (χ1v) is 10.2. The van der Waals surface area contributed by atoms with Gasteiger partial charge in [0.15, 0.2) is 0 Å². The Labute approximate surface area is 167 Å². The lowest BCUT2D eigenvalue weighted by Crippen LogP contribution is -2.47. The Morgan fingerprint density at radius 3 is 2.50 bits per heavy atom. The Morgan fingerprint density at radius 1 is 1.00 bits per heavy atom. The topological polar surface area (TPSA) is 42.5 Å². The Hall–Kier alpha value is -2.30. The summed E-state index contributed by atoms with van der Waals surface area (Å²) in [5.41, 5.74) is 8.54. The van der Waals surface area contributed by atoms with Crippen LogP contribution in [0.1, 0.15) is 34.1 Å². The van der Waals surface area contributed by atoms with Gasteiger partial charge in [-0.15, -0.1) is 0 Å². The van der Waals surface area contributed by atoms with E-state index in [-0.39, 0.29) is 0 Å². The molecule has 0 aliphatic carbocycles. The van der Waals surface area contributed by atoms with Crippen molar-refractivity contribution in [2.75, 3.05) is 37.6 Å². The van der Waals surface area contributed by atoms with Crippen molar-refractivity contribution in [2.45, 2.75) is 33.8 Å². The number of aliphatic hydroxyl groups excluding tert-OH is 1. The van der Waals surface area contributed by atoms with E-state index >= 15 is 0 Å². The average molecular weight is 378 g/mol. The first-order chi connectivity index (χ1) is 13.4. The normalized spacial score (nSPS) is 16.7. The highest BCUT2D eigenvalue weighted by Crippen LogP contribution is 2.30. The summed E-state index contributed by atoms with van der Waals surface area (Å²) >= 11 is 0. The van der Waals surface area contributed by atoms with Crippen LogP contribution in [0, 0.1) is 27.7 Å². The number of fused-ring (bicyclic) bond motifs is 1. The van der Waals surface area contributed by atoms with E-state index in [9.17, 15) is 5.11 Å². The van der Waals surface area contributed by atoms with Gasteiger partial charge in [0.05, 0.1) is 6.10 Å². The monoisotopic (exact) mass is 377 g/mol. The van der Waals surface area contributed by atoms with Crippen LogP contribution in [0.15, 0.2) is 36.4 Å². The first-order valence-electron chi connectivity index (χ1n) is 10.2. The number of nitrogens with zero attached hydrogens (tertiary/aromatic N) is 2. The minimum Gasteiger partial charge on any atom is -0.387 e. The summed E-state index contributed by atoms with van der Waals surface area (Å²) in [7, 11) is 0. The predicted octanol–water partition coefficient (Wildman–Crippen LogP) is 4.26. The maximum absolute atomic E-state index is 11.0. The number of piperazine rings is 1. The molecular formula is C24H31N3O. The number of hydrogen-bond donors (Lipinski definition) is 2. The summed E-state index contributed by atoms with van der Waals surface area (Å²) in [6, 6.07) is 13.0. The molecule has 2 N–H and O–H groups in total. The molecule has 4 rings (SSSR count). The summed E-state index contributed by atoms with van der Waals surface area (Å²) in [6.07, 6.45) is -0.469. The van der Waals surface area contributed by atoms with Crippen LogP contribution in [0.25, 0.3) is 10.9 Å². The number of anilines is 1. The molecule has 0 radical (unpaired) electrons. The summed E-state index contributed by atoms with van der Waals surface area (Å²) in [5.74, 6) is 0. The van der Waals surface area contributed by atoms with Crippen molar-refractivity contribution in [3.63, 3.8) is 0 Å². The van der Waals surface area contributed by atoms with Crippen molar-refractivity contribution < 1.29 is 5.11 Å². The fourth-order valence-corrected chi connectivity index (χ4v) is 4.48. The van der Waals surface area contributed by atoms with E-state index < -0.39 is 6.10 Å². The van der Waals surface area contributed by atoms with Gasteiger partial charge in [-0.1, -0.05) is 24.3 Å². The second-order valence-electron chi connectivity index (χ2n) is 8.24. The third kappa shape index (κ3) is 3.54. The molecule has 1 saturated heterocycles. The summed E-state index contributed by atoms with van der Waals surface area (Å²) < 4.78 is 0. The second kappa shape index (κ2) is 7.61. The molecule has 1 aliphatic heterocycles. The summed E-state index contributed by atoms with van der Waals surface area (Å²) in [4.78, 5) is 8.30. The third-order valence-corrected chi connectivity index (χ3v) is 6.24. The van der Waals surface area contributed by atoms with Crippen LogP contribution in [0.4, 0.5) is 5.69 Å². The number of nitrogens with one attached hydrogen (secondary N) is 1. The van der Waals surface area contributed by atoms with Gasteiger partial charge in [-0.05, 0) is 56.5 Å². The van der Waals surface area contributed by atoms with Crippen LogP contribution in [0.2, 0.25) is 0 Å². The number of benzene rings is 2. The van der Waals surface area contributed by atoms with E-state index in [1.807, 2.05) is 0 Å². The van der Waals surface area contributed by atoms with Gasteiger partial charge in [-0.3, -0.25) is 4.90 Å². The molecule has 28 heavy (non-hydrogen) atoms. The standard InChI is InChI=1S/C24H31N3O/c1-16-8-9-20-21(14-16)25-19(4)24(20)23(28)15-26-10-12-27(13-11-26)22-7-5-6-17(2)18(22)3/h5-9,14,23,25,28H,10-13,15H2,1-4H3/t23-/m1/s1. The maximum atomic E-state index is 11.0. The molecule has 1 aromatic heterocycles. The van der Waals surface area contributed by atoms with Crippen LogP contribution in [-0.4, -0.2) is 47.7 Å². The molecule has 0 bridgehead atoms. The lowest BCUT2D eigenvalue weighted by Gasteiger charge is -2.37. The minimum atomic E-state index is -0.469. The Bertz CT molecular complexity index is 983. The van der Waals surface area contributed by atoms with Crippen molar-refractivity contribution >= 4 is 16.6 Å². The van der Waals surface area contributed by atoms with E-state index in [4.69, 9.17) is 0 Å². The Balaban J connectivity index is 1.44. The zero-order valence-electron chi connectivity index (χ0n) is 17.4. The zero-order chi connectivity index (χ0) is 19.8. The Kier molecular flexibility index (Phi) is 5.17. The summed E-state index contributed by atoms with van der Waals surface area (Å²) in [6.45, 7) is 13.2. The second-order valence-corrected chi connectivity index (χ2v) is 8.24. The molecule has 1 atom stereocenters. The van der Waals surface area contributed by atoms with Crippen molar-refractivity contribution in [1.29, 1.82) is 0 Å². The third-order valence-electron chi connectivity index (χ3n) is 6.24. The summed E-state index contributed by atoms with van der Waals surface area (Å²) in [5, 5.41) is 12.1. The van der Waals surface area contributed by atoms with Crippen LogP contribution < -0.4 is 4.90 Å². The molecule has 0 spiro atoms. The number of aromatic amines is 1. The highest BCUT2D eigenvalue weighted by atomic mass is 16.3. The predicted molar refractivity (Wildman–Crippen MR) is 117 cm³/mol. The average Bonchev–Trinajstić information content (AvgIpc) is 2.99. The molecule has 0 unspecified atom stereocenters. The SMILES string of the molecule is Cc1ccc2c([C@H](O)CN3CCN(c4cccc(C)c4C)CC3)c(C)[nH]c2c1. The molecule has 3 aromatic rings. The molecule has 2 aromatic carbocycles. The lowest BCUT2D eigenvalue weighted by molar-refractivity contribution is 0.110. The van der Waals surface area contributed by atoms with Crippen LogP contribution in [-0.2, 0) is 0 Å². The maximum Gasteiger partial charge on any atom is 0.0940 e. The fraction of sp³-hybridized carbons (Fsp3) is 0.417. The fourth-order valence-electron chi connectivity index (χ4n) is 4.48. The number of H-pyrrole nitrogens is 1. The quantitative estimate of drug-likeness (QED) is 0.714. The van der Waals surface area contributed by atoms with Gasteiger partial charge in [-0.2, -0.15) is 0 Å². The first kappa shape index (κ1) is 19.0. The van der Waals surface area contributed by atoms with E-state index in [0.717, 1.165) is 48.3 Å². The van der Waals surface area contributed by atoms with E-state index in [2.05, 4.69) is 78.9 Å². The number of aryl methyl sites for hydroxylation is 3. The number of aliphatic hydroxyl groups is 1. The molecular weight excluding hydrogens is 346 g/mol. The van der Waals surface area contributed by atoms with Crippen molar-refractivity contribution in [3.8, 4) is 0 Å². The van der Waals surface area contributed by atoms with Gasteiger partial charge in [0.25, 0.3) is 0 Å². The van der Waals surface area contributed by atoms with Crippen molar-refractivity contribution in [3.05, 3.63) is 64.3 Å². The molecule has 1 fully saturated rings. The number of rotatable bonds is 4. The number of hydrogen-bond acceptors (Lipinski definition) is 3. The van der Waals surface area contributed by atoms with Gasteiger partial charge < -0.3 is 15.0 Å². The number of aromatic nitrogens is 1. The van der Waals surface area contributed by atoms with Crippen molar-refractivity contribution in [1.82, 2.24) is 9.88 Å². The van der Waals surface area contributed by atoms with Gasteiger partial charge >= 0.3 is 0 Å². The van der Waals surface area contributed by atoms with Crippen LogP contribution >= 0.6 is 0 Å². The van der Waals surface area contributed by atoms with Crippen LogP contribution in [0.3, 0.4) is 0 Å². The molecule has 148 valence electrons. The smallest absolute Gasteiger partial charge is 0.0940 e. The van der Waals surface area contributed by atoms with Gasteiger partial charge in [0.2, 0.25) is 0 Å². The Morgan fingerprint density at radius 2 is 1.75 bits per heavy atom. The molecule has 4 heteroatoms. The molecule has 2 heterocycles. The zero-order valence-corrected chi connectivity index (χ0v) is 17.4. The minimum absolute atomic E-state index is 0.469. The van der Waals surface area contributed by atoms with Crippen LogP contribution in [0.5, 0.6) is 0 Å². The molecule has 0 amide bonds. The highest BCUT2D eigenvalue weighted by molar-refractivity contribution is 5.85. The van der Waals surface area contributed by atoms with Crippen molar-refractivity contribution in [2.24, 2.45) is 0 Å². The molecule has 0 saturated carbocycles. The van der Waals surface area contributed by atoms with Gasteiger partial charge in [0, 0.05) is 60.6 Å².